The number of rotatable bonds is 8. The number of hydrogen-bond acceptors (Lipinski definition) is 7. The molecule has 33 heavy (non-hydrogen) atoms. The Morgan fingerprint density at radius 1 is 0.939 bits per heavy atom. The minimum atomic E-state index is -0.529. The molecule has 0 spiro atoms. The first-order valence-corrected chi connectivity index (χ1v) is 10.5. The summed E-state index contributed by atoms with van der Waals surface area (Å²) < 4.78 is 21.4. The first-order chi connectivity index (χ1) is 15.7. The van der Waals surface area contributed by atoms with Crippen LogP contribution >= 0.6 is 12.2 Å². The SMILES string of the molecule is COc1cc(C(=O)NC(=S)NNC(=O)COc2cc(C)ccc2C(C)C)cc(OC)c1OC. The second kappa shape index (κ2) is 11.9. The number of thiocarbonyl (C=S) groups is 1. The largest absolute Gasteiger partial charge is 0.493 e. The van der Waals surface area contributed by atoms with Crippen molar-refractivity contribution in [2.45, 2.75) is 26.7 Å². The molecule has 0 aliphatic heterocycles. The normalized spacial score (nSPS) is 10.3. The van der Waals surface area contributed by atoms with Crippen LogP contribution in [0, 0.1) is 6.92 Å². The Hall–Kier alpha value is -3.53. The van der Waals surface area contributed by atoms with Crippen LogP contribution in [-0.2, 0) is 4.79 Å². The van der Waals surface area contributed by atoms with Crippen LogP contribution in [0.3, 0.4) is 0 Å². The number of hydrogen-bond donors (Lipinski definition) is 3. The highest BCUT2D eigenvalue weighted by Crippen LogP contribution is 2.38. The van der Waals surface area contributed by atoms with E-state index in [0.29, 0.717) is 23.0 Å². The summed E-state index contributed by atoms with van der Waals surface area (Å²) in [5, 5.41) is 2.37. The highest BCUT2D eigenvalue weighted by atomic mass is 32.1. The lowest BCUT2D eigenvalue weighted by atomic mass is 10.0. The van der Waals surface area contributed by atoms with Gasteiger partial charge in [0, 0.05) is 5.56 Å². The molecule has 0 heterocycles. The Morgan fingerprint density at radius 2 is 1.58 bits per heavy atom. The standard InChI is InChI=1S/C23H29N3O6S/c1-13(2)16-8-7-14(3)9-17(16)32-12-20(27)25-26-23(33)24-22(28)15-10-18(29-4)21(31-6)19(11-15)30-5/h7-11,13H,12H2,1-6H3,(H,25,27)(H2,24,26,28,33). The molecule has 2 amide bonds. The van der Waals surface area contributed by atoms with Gasteiger partial charge in [-0.3, -0.25) is 25.8 Å². The molecule has 0 aromatic heterocycles. The Bertz CT molecular complexity index is 1000. The molecular weight excluding hydrogens is 446 g/mol. The van der Waals surface area contributed by atoms with Gasteiger partial charge in [-0.15, -0.1) is 0 Å². The van der Waals surface area contributed by atoms with E-state index in [9.17, 15) is 9.59 Å². The Kier molecular flexibility index (Phi) is 9.29. The number of aryl methyl sites for hydroxylation is 1. The average molecular weight is 476 g/mol. The number of amides is 2. The van der Waals surface area contributed by atoms with Gasteiger partial charge < -0.3 is 18.9 Å². The van der Waals surface area contributed by atoms with Crippen molar-refractivity contribution >= 4 is 29.1 Å². The number of methoxy groups -OCH3 is 3. The second-order valence-electron chi connectivity index (χ2n) is 7.36. The van der Waals surface area contributed by atoms with Crippen molar-refractivity contribution in [3.05, 3.63) is 47.0 Å². The van der Waals surface area contributed by atoms with Crippen molar-refractivity contribution in [3.8, 4) is 23.0 Å². The first kappa shape index (κ1) is 25.7. The van der Waals surface area contributed by atoms with Gasteiger partial charge in [-0.1, -0.05) is 26.0 Å². The van der Waals surface area contributed by atoms with Crippen LogP contribution < -0.4 is 35.1 Å². The monoisotopic (exact) mass is 475 g/mol. The van der Waals surface area contributed by atoms with Crippen molar-refractivity contribution in [1.29, 1.82) is 0 Å². The summed E-state index contributed by atoms with van der Waals surface area (Å²) in [6, 6.07) is 8.84. The van der Waals surface area contributed by atoms with Crippen LogP contribution in [0.5, 0.6) is 23.0 Å². The Morgan fingerprint density at radius 3 is 2.12 bits per heavy atom. The van der Waals surface area contributed by atoms with E-state index < -0.39 is 11.8 Å². The lowest BCUT2D eigenvalue weighted by molar-refractivity contribution is -0.123. The number of hydrazine groups is 1. The molecule has 0 aliphatic carbocycles. The summed E-state index contributed by atoms with van der Waals surface area (Å²) in [5.41, 5.74) is 7.14. The molecule has 3 N–H and O–H groups in total. The van der Waals surface area contributed by atoms with Gasteiger partial charge in [0.2, 0.25) is 5.75 Å². The average Bonchev–Trinajstić information content (AvgIpc) is 2.79. The van der Waals surface area contributed by atoms with Crippen LogP contribution in [0.4, 0.5) is 0 Å². The van der Waals surface area contributed by atoms with Gasteiger partial charge in [-0.25, -0.2) is 0 Å². The van der Waals surface area contributed by atoms with Crippen LogP contribution in [-0.4, -0.2) is 44.9 Å². The molecule has 0 saturated heterocycles. The van der Waals surface area contributed by atoms with E-state index in [0.717, 1.165) is 11.1 Å². The Labute approximate surface area is 198 Å². The molecule has 178 valence electrons. The summed E-state index contributed by atoms with van der Waals surface area (Å²) in [4.78, 5) is 24.7. The molecule has 2 aromatic rings. The van der Waals surface area contributed by atoms with Crippen molar-refractivity contribution in [2.24, 2.45) is 0 Å². The van der Waals surface area contributed by atoms with E-state index in [-0.39, 0.29) is 23.2 Å². The van der Waals surface area contributed by atoms with Gasteiger partial charge in [0.15, 0.2) is 23.2 Å². The van der Waals surface area contributed by atoms with Gasteiger partial charge in [-0.2, -0.15) is 0 Å². The van der Waals surface area contributed by atoms with E-state index in [1.54, 1.807) is 0 Å². The van der Waals surface area contributed by atoms with Gasteiger partial charge >= 0.3 is 0 Å². The Balaban J connectivity index is 1.92. The molecule has 0 bridgehead atoms. The van der Waals surface area contributed by atoms with Gasteiger partial charge in [0.25, 0.3) is 11.8 Å². The fourth-order valence-electron chi connectivity index (χ4n) is 2.97. The number of nitrogens with one attached hydrogen (secondary N) is 3. The molecule has 0 fully saturated rings. The van der Waals surface area contributed by atoms with E-state index in [2.05, 4.69) is 16.2 Å². The van der Waals surface area contributed by atoms with Crippen LogP contribution in [0.25, 0.3) is 0 Å². The zero-order valence-electron chi connectivity index (χ0n) is 19.5. The minimum Gasteiger partial charge on any atom is -0.493 e. The number of carbonyl (C=O) groups is 2. The maximum absolute atomic E-state index is 12.6. The van der Waals surface area contributed by atoms with E-state index >= 15 is 0 Å². The van der Waals surface area contributed by atoms with Gasteiger partial charge in [0.1, 0.15) is 5.75 Å². The van der Waals surface area contributed by atoms with Crippen molar-refractivity contribution in [3.63, 3.8) is 0 Å². The van der Waals surface area contributed by atoms with Crippen LogP contribution in [0.15, 0.2) is 30.3 Å². The third-order valence-electron chi connectivity index (χ3n) is 4.62. The zero-order chi connectivity index (χ0) is 24.5. The van der Waals surface area contributed by atoms with E-state index in [1.165, 1.54) is 33.5 Å². The second-order valence-corrected chi connectivity index (χ2v) is 7.76. The molecule has 0 unspecified atom stereocenters. The summed E-state index contributed by atoms with van der Waals surface area (Å²) in [5.74, 6) is 0.914. The van der Waals surface area contributed by atoms with Gasteiger partial charge in [-0.05, 0) is 54.4 Å². The predicted octanol–water partition coefficient (Wildman–Crippen LogP) is 2.86. The number of carbonyl (C=O) groups excluding carboxylic acids is 2. The number of benzene rings is 2. The predicted molar refractivity (Wildman–Crippen MR) is 128 cm³/mol. The van der Waals surface area contributed by atoms with Crippen molar-refractivity contribution < 1.29 is 28.5 Å². The molecule has 0 radical (unpaired) electrons. The molecule has 0 aliphatic rings. The minimum absolute atomic E-state index is 0.0967. The number of ether oxygens (including phenoxy) is 4. The first-order valence-electron chi connectivity index (χ1n) is 10.1. The molecule has 2 aromatic carbocycles. The summed E-state index contributed by atoms with van der Waals surface area (Å²) in [7, 11) is 4.36. The summed E-state index contributed by atoms with van der Waals surface area (Å²) >= 11 is 5.08. The van der Waals surface area contributed by atoms with Crippen molar-refractivity contribution in [1.82, 2.24) is 16.2 Å². The zero-order valence-corrected chi connectivity index (χ0v) is 20.3. The highest BCUT2D eigenvalue weighted by Gasteiger charge is 2.18. The van der Waals surface area contributed by atoms with E-state index in [4.69, 9.17) is 31.2 Å². The molecule has 0 saturated carbocycles. The lowest BCUT2D eigenvalue weighted by Gasteiger charge is -2.16. The molecule has 0 atom stereocenters. The van der Waals surface area contributed by atoms with E-state index in [1.807, 2.05) is 39.0 Å². The quantitative estimate of drug-likeness (QED) is 0.395. The topological polar surface area (TPSA) is 107 Å². The van der Waals surface area contributed by atoms with Crippen LogP contribution in [0.1, 0.15) is 41.3 Å². The molecular formula is C23H29N3O6S. The summed E-state index contributed by atoms with van der Waals surface area (Å²) in [6.45, 7) is 5.83. The fraction of sp³-hybridized carbons (Fsp3) is 0.348. The van der Waals surface area contributed by atoms with Gasteiger partial charge in [0.05, 0.1) is 21.3 Å². The highest BCUT2D eigenvalue weighted by molar-refractivity contribution is 7.80. The molecule has 2 rings (SSSR count). The maximum Gasteiger partial charge on any atom is 0.276 e. The third-order valence-corrected chi connectivity index (χ3v) is 4.82. The van der Waals surface area contributed by atoms with Crippen LogP contribution in [0.2, 0.25) is 0 Å². The smallest absolute Gasteiger partial charge is 0.276 e. The molecule has 10 heteroatoms. The summed E-state index contributed by atoms with van der Waals surface area (Å²) in [6.07, 6.45) is 0. The maximum atomic E-state index is 12.6. The van der Waals surface area contributed by atoms with Crippen molar-refractivity contribution in [2.75, 3.05) is 27.9 Å². The third kappa shape index (κ3) is 6.98. The lowest BCUT2D eigenvalue weighted by Crippen LogP contribution is -2.49. The molecule has 9 nitrogen and oxygen atoms in total. The fourth-order valence-corrected chi connectivity index (χ4v) is 3.11.